The third-order valence-corrected chi connectivity index (χ3v) is 4.62. The summed E-state index contributed by atoms with van der Waals surface area (Å²) in [4.78, 5) is 16.7. The maximum Gasteiger partial charge on any atom is 0.319 e. The van der Waals surface area contributed by atoms with Crippen LogP contribution >= 0.6 is 0 Å². The molecule has 0 atom stereocenters. The van der Waals surface area contributed by atoms with Crippen LogP contribution in [0.4, 0.5) is 10.5 Å². The van der Waals surface area contributed by atoms with E-state index in [0.717, 1.165) is 22.7 Å². The third-order valence-electron chi connectivity index (χ3n) is 4.62. The smallest absolute Gasteiger partial charge is 0.319 e. The Balaban J connectivity index is 1.27. The summed E-state index contributed by atoms with van der Waals surface area (Å²) in [5.41, 5.74) is 2.63. The molecule has 1 aromatic heterocycles. The number of ether oxygens (including phenoxy) is 1. The van der Waals surface area contributed by atoms with Gasteiger partial charge in [0, 0.05) is 23.7 Å². The average Bonchev–Trinajstić information content (AvgIpc) is 3.45. The molecule has 1 heterocycles. The van der Waals surface area contributed by atoms with Crippen molar-refractivity contribution >= 4 is 11.7 Å². The average molecular weight is 391 g/mol. The van der Waals surface area contributed by atoms with Crippen LogP contribution in [0, 0.1) is 0 Å². The second-order valence-electron chi connectivity index (χ2n) is 7.51. The fourth-order valence-electron chi connectivity index (χ4n) is 2.96. The molecule has 0 unspecified atom stereocenters. The number of anilines is 1. The molecular formula is C22H25N5O2. The van der Waals surface area contributed by atoms with Gasteiger partial charge in [-0.2, -0.15) is 5.10 Å². The summed E-state index contributed by atoms with van der Waals surface area (Å²) < 4.78 is 5.62. The van der Waals surface area contributed by atoms with Crippen molar-refractivity contribution in [1.82, 2.24) is 20.5 Å². The van der Waals surface area contributed by atoms with Gasteiger partial charge >= 0.3 is 6.03 Å². The Morgan fingerprint density at radius 3 is 2.52 bits per heavy atom. The second kappa shape index (κ2) is 8.34. The van der Waals surface area contributed by atoms with Crippen molar-refractivity contribution in [2.75, 3.05) is 5.32 Å². The first kappa shape index (κ1) is 19.0. The summed E-state index contributed by atoms with van der Waals surface area (Å²) >= 11 is 0. The lowest BCUT2D eigenvalue weighted by molar-refractivity contribution is 0.242. The largest absolute Gasteiger partial charge is 0.491 e. The molecule has 0 aliphatic heterocycles. The zero-order chi connectivity index (χ0) is 20.2. The summed E-state index contributed by atoms with van der Waals surface area (Å²) in [6.07, 6.45) is 2.51. The fraction of sp³-hybridized carbons (Fsp3) is 0.318. The zero-order valence-electron chi connectivity index (χ0n) is 16.6. The van der Waals surface area contributed by atoms with Crippen LogP contribution in [0.5, 0.6) is 5.75 Å². The van der Waals surface area contributed by atoms with E-state index < -0.39 is 0 Å². The zero-order valence-corrected chi connectivity index (χ0v) is 16.6. The molecule has 7 nitrogen and oxygen atoms in total. The van der Waals surface area contributed by atoms with Crippen molar-refractivity contribution in [3.8, 4) is 17.1 Å². The van der Waals surface area contributed by atoms with Crippen LogP contribution < -0.4 is 15.4 Å². The Bertz CT molecular complexity index is 960. The van der Waals surface area contributed by atoms with E-state index in [1.165, 1.54) is 12.8 Å². The number of aromatic nitrogens is 3. The van der Waals surface area contributed by atoms with Gasteiger partial charge in [-0.25, -0.2) is 9.78 Å². The lowest BCUT2D eigenvalue weighted by Crippen LogP contribution is -2.28. The Kier molecular flexibility index (Phi) is 5.46. The predicted octanol–water partition coefficient (Wildman–Crippen LogP) is 4.46. The Hall–Kier alpha value is -3.35. The monoisotopic (exact) mass is 391 g/mol. The molecule has 3 N–H and O–H groups in total. The maximum absolute atomic E-state index is 12.2. The van der Waals surface area contributed by atoms with Crippen molar-refractivity contribution in [1.29, 1.82) is 0 Å². The molecule has 0 radical (unpaired) electrons. The number of hydrogen-bond acceptors (Lipinski definition) is 4. The number of amides is 2. The minimum Gasteiger partial charge on any atom is -0.491 e. The van der Waals surface area contributed by atoms with E-state index in [9.17, 15) is 4.79 Å². The molecule has 1 fully saturated rings. The van der Waals surface area contributed by atoms with Gasteiger partial charge in [0.05, 0.1) is 6.10 Å². The molecule has 0 saturated heterocycles. The standard InChI is InChI=1S/C22H25N5O2/c1-14(2)29-19-11-3-15(4-12-19)13-23-22(28)24-18-9-7-17(8-10-18)21-25-20(26-27-21)16-5-6-16/h3-4,7-12,14,16H,5-6,13H2,1-2H3,(H2,23,24,28)(H,25,26,27). The normalized spacial score (nSPS) is 13.3. The van der Waals surface area contributed by atoms with Crippen LogP contribution in [0.25, 0.3) is 11.4 Å². The van der Waals surface area contributed by atoms with Gasteiger partial charge in [0.15, 0.2) is 5.82 Å². The van der Waals surface area contributed by atoms with Gasteiger partial charge in [-0.1, -0.05) is 12.1 Å². The second-order valence-corrected chi connectivity index (χ2v) is 7.51. The Labute approximate surface area is 169 Å². The summed E-state index contributed by atoms with van der Waals surface area (Å²) in [5, 5.41) is 13.0. The van der Waals surface area contributed by atoms with Crippen molar-refractivity contribution < 1.29 is 9.53 Å². The highest BCUT2D eigenvalue weighted by molar-refractivity contribution is 5.89. The minimum atomic E-state index is -0.255. The number of nitrogens with zero attached hydrogens (tertiary/aromatic N) is 2. The van der Waals surface area contributed by atoms with Crippen LogP contribution in [0.15, 0.2) is 48.5 Å². The molecule has 4 rings (SSSR count). The van der Waals surface area contributed by atoms with Gasteiger partial charge in [0.2, 0.25) is 0 Å². The summed E-state index contributed by atoms with van der Waals surface area (Å²) in [7, 11) is 0. The van der Waals surface area contributed by atoms with Crippen LogP contribution in [0.2, 0.25) is 0 Å². The van der Waals surface area contributed by atoms with E-state index in [0.29, 0.717) is 24.0 Å². The number of aromatic amines is 1. The van der Waals surface area contributed by atoms with Crippen molar-refractivity contribution in [3.05, 3.63) is 59.9 Å². The highest BCUT2D eigenvalue weighted by Crippen LogP contribution is 2.38. The Morgan fingerprint density at radius 1 is 1.14 bits per heavy atom. The van der Waals surface area contributed by atoms with Gasteiger partial charge in [-0.15, -0.1) is 0 Å². The lowest BCUT2D eigenvalue weighted by atomic mass is 10.2. The van der Waals surface area contributed by atoms with Crippen LogP contribution in [-0.2, 0) is 6.54 Å². The van der Waals surface area contributed by atoms with E-state index in [-0.39, 0.29) is 12.1 Å². The summed E-state index contributed by atoms with van der Waals surface area (Å²) in [6, 6.07) is 15.0. The van der Waals surface area contributed by atoms with E-state index in [4.69, 9.17) is 4.74 Å². The number of hydrogen-bond donors (Lipinski definition) is 3. The van der Waals surface area contributed by atoms with Gasteiger partial charge in [-0.3, -0.25) is 5.10 Å². The van der Waals surface area contributed by atoms with Crippen molar-refractivity contribution in [2.45, 2.75) is 45.3 Å². The van der Waals surface area contributed by atoms with E-state index >= 15 is 0 Å². The fourth-order valence-corrected chi connectivity index (χ4v) is 2.96. The first-order valence-corrected chi connectivity index (χ1v) is 9.90. The molecule has 0 bridgehead atoms. The van der Waals surface area contributed by atoms with Crippen LogP contribution in [0.1, 0.15) is 44.0 Å². The van der Waals surface area contributed by atoms with Gasteiger partial charge in [0.1, 0.15) is 11.6 Å². The molecule has 3 aromatic rings. The quantitative estimate of drug-likeness (QED) is 0.554. The molecule has 29 heavy (non-hydrogen) atoms. The third kappa shape index (κ3) is 5.13. The number of H-pyrrole nitrogens is 1. The van der Waals surface area contributed by atoms with Crippen molar-refractivity contribution in [3.63, 3.8) is 0 Å². The molecule has 2 amide bonds. The molecular weight excluding hydrogens is 366 g/mol. The minimum absolute atomic E-state index is 0.139. The highest BCUT2D eigenvalue weighted by Gasteiger charge is 2.27. The van der Waals surface area contributed by atoms with E-state index in [1.807, 2.05) is 62.4 Å². The first-order chi connectivity index (χ1) is 14.1. The molecule has 2 aromatic carbocycles. The predicted molar refractivity (Wildman–Crippen MR) is 112 cm³/mol. The molecule has 7 heteroatoms. The first-order valence-electron chi connectivity index (χ1n) is 9.90. The maximum atomic E-state index is 12.2. The number of urea groups is 1. The number of nitrogens with one attached hydrogen (secondary N) is 3. The van der Waals surface area contributed by atoms with Gasteiger partial charge in [-0.05, 0) is 68.7 Å². The molecule has 0 spiro atoms. The SMILES string of the molecule is CC(C)Oc1ccc(CNC(=O)Nc2ccc(-c3n[nH]c(C4CC4)n3)cc2)cc1. The summed E-state index contributed by atoms with van der Waals surface area (Å²) in [5.74, 6) is 3.02. The molecule has 1 aliphatic carbocycles. The number of carbonyl (C=O) groups is 1. The topological polar surface area (TPSA) is 91.9 Å². The van der Waals surface area contributed by atoms with E-state index in [1.54, 1.807) is 0 Å². The number of benzene rings is 2. The number of carbonyl (C=O) groups excluding carboxylic acids is 1. The van der Waals surface area contributed by atoms with E-state index in [2.05, 4.69) is 25.8 Å². The van der Waals surface area contributed by atoms with Crippen molar-refractivity contribution in [2.24, 2.45) is 0 Å². The Morgan fingerprint density at radius 2 is 1.86 bits per heavy atom. The molecule has 1 aliphatic rings. The van der Waals surface area contributed by atoms with Gasteiger partial charge < -0.3 is 15.4 Å². The lowest BCUT2D eigenvalue weighted by Gasteiger charge is -2.11. The summed E-state index contributed by atoms with van der Waals surface area (Å²) in [6.45, 7) is 4.42. The highest BCUT2D eigenvalue weighted by atomic mass is 16.5. The van der Waals surface area contributed by atoms with Gasteiger partial charge in [0.25, 0.3) is 0 Å². The van der Waals surface area contributed by atoms with Crippen LogP contribution in [-0.4, -0.2) is 27.3 Å². The molecule has 1 saturated carbocycles. The molecule has 150 valence electrons. The number of rotatable bonds is 7. The van der Waals surface area contributed by atoms with Crippen LogP contribution in [0.3, 0.4) is 0 Å².